The maximum Gasteiger partial charge on any atom is 0.221 e. The van der Waals surface area contributed by atoms with Crippen molar-refractivity contribution in [1.82, 2.24) is 15.5 Å². The van der Waals surface area contributed by atoms with Crippen LogP contribution in [0.2, 0.25) is 0 Å². The lowest BCUT2D eigenvalue weighted by Crippen LogP contribution is -2.35. The number of hydrogen-bond acceptors (Lipinski definition) is 3. The summed E-state index contributed by atoms with van der Waals surface area (Å²) in [5, 5.41) is 6.47. The predicted molar refractivity (Wildman–Crippen MR) is 64.3 cm³/mol. The first-order valence-corrected chi connectivity index (χ1v) is 6.38. The third-order valence-corrected chi connectivity index (χ3v) is 3.61. The first kappa shape index (κ1) is 11.9. The van der Waals surface area contributed by atoms with Crippen molar-refractivity contribution in [3.63, 3.8) is 0 Å². The van der Waals surface area contributed by atoms with Crippen LogP contribution in [0.15, 0.2) is 0 Å². The van der Waals surface area contributed by atoms with Gasteiger partial charge >= 0.3 is 0 Å². The standard InChI is InChI=1S/C12H23N3O/c1-9-7-11(8-15(9)2)13-6-5-12(16)14-10-3-4-10/h9-11,13H,3-8H2,1-2H3,(H,14,16). The Labute approximate surface area is 97.8 Å². The second-order valence-corrected chi connectivity index (χ2v) is 5.27. The van der Waals surface area contributed by atoms with E-state index in [-0.39, 0.29) is 5.91 Å². The summed E-state index contributed by atoms with van der Waals surface area (Å²) in [6.07, 6.45) is 4.15. The van der Waals surface area contributed by atoms with Gasteiger partial charge in [0.05, 0.1) is 0 Å². The molecule has 2 fully saturated rings. The first-order chi connectivity index (χ1) is 7.65. The second-order valence-electron chi connectivity index (χ2n) is 5.27. The highest BCUT2D eigenvalue weighted by Crippen LogP contribution is 2.18. The maximum atomic E-state index is 11.4. The average Bonchev–Trinajstić information content (AvgIpc) is 2.95. The third-order valence-electron chi connectivity index (χ3n) is 3.61. The summed E-state index contributed by atoms with van der Waals surface area (Å²) in [6, 6.07) is 1.72. The van der Waals surface area contributed by atoms with Gasteiger partial charge in [-0.25, -0.2) is 0 Å². The highest BCUT2D eigenvalue weighted by atomic mass is 16.1. The van der Waals surface area contributed by atoms with Gasteiger partial charge in [-0.15, -0.1) is 0 Å². The van der Waals surface area contributed by atoms with Crippen molar-refractivity contribution in [2.45, 2.75) is 50.7 Å². The van der Waals surface area contributed by atoms with Gasteiger partial charge in [-0.1, -0.05) is 0 Å². The molecule has 4 heteroatoms. The number of likely N-dealkylation sites (tertiary alicyclic amines) is 1. The number of carbonyl (C=O) groups is 1. The number of carbonyl (C=O) groups excluding carboxylic acids is 1. The van der Waals surface area contributed by atoms with E-state index in [1.54, 1.807) is 0 Å². The van der Waals surface area contributed by atoms with E-state index >= 15 is 0 Å². The summed E-state index contributed by atoms with van der Waals surface area (Å²) >= 11 is 0. The van der Waals surface area contributed by atoms with Crippen LogP contribution in [-0.4, -0.2) is 49.1 Å². The van der Waals surface area contributed by atoms with Crippen molar-refractivity contribution in [1.29, 1.82) is 0 Å². The van der Waals surface area contributed by atoms with E-state index in [1.165, 1.54) is 19.3 Å². The molecule has 0 bridgehead atoms. The zero-order chi connectivity index (χ0) is 11.5. The Bertz CT molecular complexity index is 243. The molecule has 1 amide bonds. The third kappa shape index (κ3) is 3.46. The van der Waals surface area contributed by atoms with E-state index in [1.807, 2.05) is 0 Å². The largest absolute Gasteiger partial charge is 0.353 e. The fourth-order valence-corrected chi connectivity index (χ4v) is 2.26. The molecule has 16 heavy (non-hydrogen) atoms. The normalized spacial score (nSPS) is 30.6. The van der Waals surface area contributed by atoms with Crippen LogP contribution < -0.4 is 10.6 Å². The Morgan fingerprint density at radius 2 is 2.12 bits per heavy atom. The van der Waals surface area contributed by atoms with E-state index in [2.05, 4.69) is 29.5 Å². The molecule has 0 spiro atoms. The van der Waals surface area contributed by atoms with E-state index in [9.17, 15) is 4.79 Å². The van der Waals surface area contributed by atoms with E-state index in [0.29, 0.717) is 24.5 Å². The summed E-state index contributed by atoms with van der Waals surface area (Å²) in [7, 11) is 2.16. The van der Waals surface area contributed by atoms with Crippen molar-refractivity contribution >= 4 is 5.91 Å². The number of amides is 1. The molecule has 0 aromatic carbocycles. The minimum Gasteiger partial charge on any atom is -0.353 e. The molecule has 1 saturated heterocycles. The maximum absolute atomic E-state index is 11.4. The van der Waals surface area contributed by atoms with Crippen molar-refractivity contribution in [3.05, 3.63) is 0 Å². The fourth-order valence-electron chi connectivity index (χ4n) is 2.26. The number of nitrogens with zero attached hydrogens (tertiary/aromatic N) is 1. The van der Waals surface area contributed by atoms with Gasteiger partial charge < -0.3 is 15.5 Å². The smallest absolute Gasteiger partial charge is 0.221 e. The number of nitrogens with one attached hydrogen (secondary N) is 2. The van der Waals surface area contributed by atoms with Gasteiger partial charge in [-0.3, -0.25) is 4.79 Å². The zero-order valence-corrected chi connectivity index (χ0v) is 10.3. The quantitative estimate of drug-likeness (QED) is 0.709. The number of likely N-dealkylation sites (N-methyl/N-ethyl adjacent to an activating group) is 1. The molecule has 2 N–H and O–H groups in total. The molecule has 1 aliphatic carbocycles. The van der Waals surface area contributed by atoms with Crippen molar-refractivity contribution in [2.75, 3.05) is 20.1 Å². The van der Waals surface area contributed by atoms with Crippen LogP contribution in [0, 0.1) is 0 Å². The Kier molecular flexibility index (Phi) is 3.82. The SMILES string of the molecule is CC1CC(NCCC(=O)NC2CC2)CN1C. The van der Waals surface area contributed by atoms with Crippen molar-refractivity contribution in [3.8, 4) is 0 Å². The molecular weight excluding hydrogens is 202 g/mol. The molecule has 1 heterocycles. The lowest BCUT2D eigenvalue weighted by atomic mass is 10.2. The van der Waals surface area contributed by atoms with Crippen LogP contribution in [0.5, 0.6) is 0 Å². The minimum absolute atomic E-state index is 0.203. The molecule has 0 radical (unpaired) electrons. The lowest BCUT2D eigenvalue weighted by molar-refractivity contribution is -0.121. The number of rotatable bonds is 5. The minimum atomic E-state index is 0.203. The Balaban J connectivity index is 1.55. The molecule has 2 rings (SSSR count). The van der Waals surface area contributed by atoms with Crippen LogP contribution in [0.1, 0.15) is 32.6 Å². The van der Waals surface area contributed by atoms with Crippen LogP contribution in [0.25, 0.3) is 0 Å². The van der Waals surface area contributed by atoms with Crippen LogP contribution in [-0.2, 0) is 4.79 Å². The summed E-state index contributed by atoms with van der Waals surface area (Å²) < 4.78 is 0. The summed E-state index contributed by atoms with van der Waals surface area (Å²) in [6.45, 7) is 4.16. The van der Waals surface area contributed by atoms with Crippen LogP contribution >= 0.6 is 0 Å². The molecule has 2 unspecified atom stereocenters. The van der Waals surface area contributed by atoms with Gasteiger partial charge in [-0.2, -0.15) is 0 Å². The molecular formula is C12H23N3O. The van der Waals surface area contributed by atoms with Gasteiger partial charge in [-0.05, 0) is 33.2 Å². The fraction of sp³-hybridized carbons (Fsp3) is 0.917. The Morgan fingerprint density at radius 3 is 2.69 bits per heavy atom. The zero-order valence-electron chi connectivity index (χ0n) is 10.3. The van der Waals surface area contributed by atoms with E-state index in [0.717, 1.165) is 13.1 Å². The van der Waals surface area contributed by atoms with E-state index in [4.69, 9.17) is 0 Å². The summed E-state index contributed by atoms with van der Waals surface area (Å²) in [4.78, 5) is 13.8. The molecule has 1 aliphatic heterocycles. The van der Waals surface area contributed by atoms with Crippen molar-refractivity contribution in [2.24, 2.45) is 0 Å². The van der Waals surface area contributed by atoms with Gasteiger partial charge in [0, 0.05) is 37.6 Å². The van der Waals surface area contributed by atoms with Gasteiger partial charge in [0.15, 0.2) is 0 Å². The Hall–Kier alpha value is -0.610. The van der Waals surface area contributed by atoms with Gasteiger partial charge in [0.2, 0.25) is 5.91 Å². The molecule has 1 saturated carbocycles. The Morgan fingerprint density at radius 1 is 1.38 bits per heavy atom. The van der Waals surface area contributed by atoms with Crippen LogP contribution in [0.4, 0.5) is 0 Å². The molecule has 0 aromatic rings. The topological polar surface area (TPSA) is 44.4 Å². The number of hydrogen-bond donors (Lipinski definition) is 2. The molecule has 2 atom stereocenters. The van der Waals surface area contributed by atoms with Crippen molar-refractivity contribution < 1.29 is 4.79 Å². The van der Waals surface area contributed by atoms with E-state index < -0.39 is 0 Å². The first-order valence-electron chi connectivity index (χ1n) is 6.38. The summed E-state index contributed by atoms with van der Waals surface area (Å²) in [5.41, 5.74) is 0. The van der Waals surface area contributed by atoms with Crippen LogP contribution in [0.3, 0.4) is 0 Å². The average molecular weight is 225 g/mol. The molecule has 0 aromatic heterocycles. The summed E-state index contributed by atoms with van der Waals surface area (Å²) in [5.74, 6) is 0.203. The lowest BCUT2D eigenvalue weighted by Gasteiger charge is -2.13. The molecule has 92 valence electrons. The second kappa shape index (κ2) is 5.15. The monoisotopic (exact) mass is 225 g/mol. The molecule has 2 aliphatic rings. The predicted octanol–water partition coefficient (Wildman–Crippen LogP) is 0.337. The van der Waals surface area contributed by atoms with Gasteiger partial charge in [0.1, 0.15) is 0 Å². The highest BCUT2D eigenvalue weighted by molar-refractivity contribution is 5.76. The highest BCUT2D eigenvalue weighted by Gasteiger charge is 2.26. The van der Waals surface area contributed by atoms with Gasteiger partial charge in [0.25, 0.3) is 0 Å². The molecule has 4 nitrogen and oxygen atoms in total.